The number of allylic oxidation sites excluding steroid dienone is 9. The number of hydrogen-bond donors (Lipinski definition) is 1. The monoisotopic (exact) mass is 272 g/mol. The Morgan fingerprint density at radius 1 is 1.10 bits per heavy atom. The van der Waals surface area contributed by atoms with Gasteiger partial charge in [0.2, 0.25) is 0 Å². The third kappa shape index (κ3) is 5.87. The first-order chi connectivity index (χ1) is 9.52. The van der Waals surface area contributed by atoms with Crippen molar-refractivity contribution in [3.8, 4) is 0 Å². The first-order valence-electron chi connectivity index (χ1n) is 7.15. The summed E-state index contributed by atoms with van der Waals surface area (Å²) in [5.74, 6) is -0.908. The fraction of sp³-hybridized carbons (Fsp3) is 0.389. The zero-order chi connectivity index (χ0) is 15.0. The van der Waals surface area contributed by atoms with Gasteiger partial charge in [-0.15, -0.1) is 0 Å². The molecule has 0 atom stereocenters. The molecule has 0 aromatic heterocycles. The van der Waals surface area contributed by atoms with Crippen LogP contribution in [-0.4, -0.2) is 11.1 Å². The summed E-state index contributed by atoms with van der Waals surface area (Å²) in [6, 6.07) is 0. The van der Waals surface area contributed by atoms with Gasteiger partial charge in [-0.1, -0.05) is 36.0 Å². The van der Waals surface area contributed by atoms with Crippen LogP contribution in [-0.2, 0) is 4.79 Å². The van der Waals surface area contributed by atoms with Gasteiger partial charge < -0.3 is 5.11 Å². The van der Waals surface area contributed by atoms with E-state index < -0.39 is 5.97 Å². The van der Waals surface area contributed by atoms with Crippen LogP contribution in [0.15, 0.2) is 58.7 Å². The summed E-state index contributed by atoms with van der Waals surface area (Å²) < 4.78 is 0. The predicted molar refractivity (Wildman–Crippen MR) is 84.6 cm³/mol. The van der Waals surface area contributed by atoms with Gasteiger partial charge in [0.15, 0.2) is 0 Å². The molecule has 1 aliphatic rings. The number of rotatable bonds is 4. The molecule has 2 heteroatoms. The van der Waals surface area contributed by atoms with Crippen molar-refractivity contribution in [1.82, 2.24) is 0 Å². The minimum absolute atomic E-state index is 0.737. The second-order valence-corrected chi connectivity index (χ2v) is 5.19. The van der Waals surface area contributed by atoms with E-state index in [0.29, 0.717) is 0 Å². The molecule has 0 amide bonds. The molecule has 0 unspecified atom stereocenters. The van der Waals surface area contributed by atoms with Crippen molar-refractivity contribution in [3.05, 3.63) is 58.7 Å². The molecule has 0 spiro atoms. The van der Waals surface area contributed by atoms with E-state index in [1.807, 2.05) is 18.2 Å². The lowest BCUT2D eigenvalue weighted by Crippen LogP contribution is -1.98. The molecule has 0 radical (unpaired) electrons. The predicted octanol–water partition coefficient (Wildman–Crippen LogP) is 4.97. The lowest BCUT2D eigenvalue weighted by molar-refractivity contribution is -0.131. The zero-order valence-electron chi connectivity index (χ0n) is 12.6. The van der Waals surface area contributed by atoms with Crippen LogP contribution in [0.2, 0.25) is 0 Å². The van der Waals surface area contributed by atoms with Crippen molar-refractivity contribution in [2.45, 2.75) is 46.5 Å². The first-order valence-corrected chi connectivity index (χ1v) is 7.15. The van der Waals surface area contributed by atoms with Gasteiger partial charge in [-0.3, -0.25) is 0 Å². The Kier molecular flexibility index (Phi) is 6.78. The number of carboxylic acids is 1. The van der Waals surface area contributed by atoms with Crippen LogP contribution in [0.25, 0.3) is 0 Å². The summed E-state index contributed by atoms with van der Waals surface area (Å²) in [6.07, 6.45) is 16.3. The summed E-state index contributed by atoms with van der Waals surface area (Å²) in [5, 5.41) is 8.62. The van der Waals surface area contributed by atoms with E-state index in [0.717, 1.165) is 12.0 Å². The average molecular weight is 272 g/mol. The highest BCUT2D eigenvalue weighted by atomic mass is 16.4. The quantitative estimate of drug-likeness (QED) is 0.579. The van der Waals surface area contributed by atoms with Crippen LogP contribution >= 0.6 is 0 Å². The van der Waals surface area contributed by atoms with Gasteiger partial charge in [0.05, 0.1) is 0 Å². The van der Waals surface area contributed by atoms with Crippen molar-refractivity contribution in [1.29, 1.82) is 0 Å². The summed E-state index contributed by atoms with van der Waals surface area (Å²) in [5.41, 5.74) is 4.84. The van der Waals surface area contributed by atoms with Crippen LogP contribution in [0.5, 0.6) is 0 Å². The molecule has 1 saturated carbocycles. The van der Waals surface area contributed by atoms with E-state index in [9.17, 15) is 4.79 Å². The van der Waals surface area contributed by atoms with Gasteiger partial charge in [0.1, 0.15) is 0 Å². The van der Waals surface area contributed by atoms with Crippen molar-refractivity contribution in [3.63, 3.8) is 0 Å². The van der Waals surface area contributed by atoms with Crippen molar-refractivity contribution in [2.24, 2.45) is 0 Å². The molecule has 1 N–H and O–H groups in total. The molecule has 1 fully saturated rings. The maximum Gasteiger partial charge on any atom is 0.328 e. The van der Waals surface area contributed by atoms with Gasteiger partial charge in [0.25, 0.3) is 0 Å². The molecule has 0 aromatic carbocycles. The minimum Gasteiger partial charge on any atom is -0.478 e. The van der Waals surface area contributed by atoms with Crippen molar-refractivity contribution >= 4 is 5.97 Å². The third-order valence-electron chi connectivity index (χ3n) is 3.37. The summed E-state index contributed by atoms with van der Waals surface area (Å²) in [6.45, 7) is 5.97. The molecular weight excluding hydrogens is 248 g/mol. The Hall–Kier alpha value is -1.83. The van der Waals surface area contributed by atoms with Crippen LogP contribution in [0, 0.1) is 0 Å². The lowest BCUT2D eigenvalue weighted by atomic mass is 9.88. The normalized spacial score (nSPS) is 21.9. The number of aliphatic carboxylic acids is 1. The Labute approximate surface area is 121 Å². The van der Waals surface area contributed by atoms with Gasteiger partial charge in [-0.2, -0.15) is 0 Å². The third-order valence-corrected chi connectivity index (χ3v) is 3.37. The first kappa shape index (κ1) is 16.2. The molecule has 1 rings (SSSR count). The van der Waals surface area contributed by atoms with Gasteiger partial charge in [0, 0.05) is 6.08 Å². The van der Waals surface area contributed by atoms with E-state index in [2.05, 4.69) is 26.0 Å². The smallest absolute Gasteiger partial charge is 0.328 e. The maximum atomic E-state index is 10.5. The Morgan fingerprint density at radius 3 is 2.35 bits per heavy atom. The maximum absolute atomic E-state index is 10.5. The number of hydrogen-bond acceptors (Lipinski definition) is 1. The van der Waals surface area contributed by atoms with Gasteiger partial charge in [-0.25, -0.2) is 4.79 Å². The average Bonchev–Trinajstić information content (AvgIpc) is 2.38. The highest BCUT2D eigenvalue weighted by Crippen LogP contribution is 2.29. The molecule has 0 bridgehead atoms. The van der Waals surface area contributed by atoms with Crippen LogP contribution < -0.4 is 0 Å². The highest BCUT2D eigenvalue weighted by molar-refractivity contribution is 5.81. The van der Waals surface area contributed by atoms with E-state index in [1.165, 1.54) is 42.1 Å². The molecule has 0 aromatic rings. The topological polar surface area (TPSA) is 37.3 Å². The molecule has 2 nitrogen and oxygen atoms in total. The SMILES string of the molecule is C\C=C1/CCCC/C1=C\C(C)=C\C=C\C(C)=C\C(=O)O. The molecule has 108 valence electrons. The van der Waals surface area contributed by atoms with E-state index >= 15 is 0 Å². The largest absolute Gasteiger partial charge is 0.478 e. The molecule has 20 heavy (non-hydrogen) atoms. The van der Waals surface area contributed by atoms with Crippen molar-refractivity contribution in [2.75, 3.05) is 0 Å². The Bertz CT molecular complexity index is 500. The molecule has 0 saturated heterocycles. The van der Waals surface area contributed by atoms with Crippen LogP contribution in [0.4, 0.5) is 0 Å². The molecular formula is C18H24O2. The zero-order valence-corrected chi connectivity index (χ0v) is 12.6. The molecule has 1 aliphatic carbocycles. The number of carbonyl (C=O) groups is 1. The van der Waals surface area contributed by atoms with Gasteiger partial charge >= 0.3 is 5.97 Å². The van der Waals surface area contributed by atoms with E-state index in [1.54, 1.807) is 6.92 Å². The molecule has 0 heterocycles. The van der Waals surface area contributed by atoms with Gasteiger partial charge in [-0.05, 0) is 63.2 Å². The van der Waals surface area contributed by atoms with Crippen LogP contribution in [0.1, 0.15) is 46.5 Å². The summed E-state index contributed by atoms with van der Waals surface area (Å²) in [4.78, 5) is 10.5. The van der Waals surface area contributed by atoms with E-state index in [-0.39, 0.29) is 0 Å². The van der Waals surface area contributed by atoms with Crippen molar-refractivity contribution < 1.29 is 9.90 Å². The summed E-state index contributed by atoms with van der Waals surface area (Å²) in [7, 11) is 0. The second kappa shape index (κ2) is 8.36. The lowest BCUT2D eigenvalue weighted by Gasteiger charge is -2.18. The minimum atomic E-state index is -0.908. The fourth-order valence-electron chi connectivity index (χ4n) is 2.36. The number of carboxylic acid groups (broad SMARTS) is 1. The van der Waals surface area contributed by atoms with Crippen LogP contribution in [0.3, 0.4) is 0 Å². The second-order valence-electron chi connectivity index (χ2n) is 5.19. The van der Waals surface area contributed by atoms with E-state index in [4.69, 9.17) is 5.11 Å². The Balaban J connectivity index is 2.74. The summed E-state index contributed by atoms with van der Waals surface area (Å²) >= 11 is 0. The fourth-order valence-corrected chi connectivity index (χ4v) is 2.36. The highest BCUT2D eigenvalue weighted by Gasteiger charge is 2.09. The molecule has 0 aliphatic heterocycles. The standard InChI is InChI=1S/C18H24O2/c1-4-16-10-5-6-11-17(16)12-14(2)8-7-9-15(3)13-18(19)20/h4,7-9,12-13H,5-6,10-11H2,1-3H3,(H,19,20)/b9-7+,14-8+,15-13+,16-4+,17-12+. The Morgan fingerprint density at radius 2 is 1.75 bits per heavy atom.